The Morgan fingerprint density at radius 1 is 1.12 bits per heavy atom. The molecule has 1 aromatic heterocycles. The summed E-state index contributed by atoms with van der Waals surface area (Å²) in [6.45, 7) is 11.5. The molecule has 3 rings (SSSR count). The molecule has 1 aliphatic rings. The first-order valence-corrected chi connectivity index (χ1v) is 8.80. The lowest BCUT2D eigenvalue weighted by Crippen LogP contribution is -2.41. The van der Waals surface area contributed by atoms with Crippen LogP contribution in [0.4, 0.5) is 0 Å². The molecule has 0 spiro atoms. The average Bonchev–Trinajstić information content (AvgIpc) is 3.12. The van der Waals surface area contributed by atoms with Gasteiger partial charge in [0.05, 0.1) is 30.5 Å². The van der Waals surface area contributed by atoms with Crippen molar-refractivity contribution in [3.05, 3.63) is 48.3 Å². The third-order valence-electron chi connectivity index (χ3n) is 5.07. The zero-order valence-corrected chi connectivity index (χ0v) is 15.7. The summed E-state index contributed by atoms with van der Waals surface area (Å²) >= 11 is 0. The Balaban J connectivity index is 1.56. The molecule has 1 aromatic carbocycles. The Morgan fingerprint density at radius 3 is 2.40 bits per heavy atom. The molecule has 0 radical (unpaired) electrons. The van der Waals surface area contributed by atoms with Crippen LogP contribution in [0.1, 0.15) is 46.2 Å². The van der Waals surface area contributed by atoms with Crippen molar-refractivity contribution in [3.63, 3.8) is 0 Å². The number of benzene rings is 1. The molecule has 0 bridgehead atoms. The lowest BCUT2D eigenvalue weighted by Gasteiger charge is -2.32. The Bertz CT molecular complexity index is 684. The van der Waals surface area contributed by atoms with Gasteiger partial charge in [-0.2, -0.15) is 5.10 Å². The summed E-state index contributed by atoms with van der Waals surface area (Å²) in [6.07, 6.45) is 3.80. The van der Waals surface area contributed by atoms with Gasteiger partial charge in [0, 0.05) is 17.9 Å². The van der Waals surface area contributed by atoms with Crippen molar-refractivity contribution in [2.24, 2.45) is 0 Å². The molecule has 0 N–H and O–H groups in total. The SMILES string of the molecule is C[C@H](COCc1ccccc1)n1cc(B2OC(C)(C)C(C)(C)O2)cn1. The van der Waals surface area contributed by atoms with Crippen molar-refractivity contribution in [3.8, 4) is 0 Å². The number of ether oxygens (including phenoxy) is 1. The second kappa shape index (κ2) is 6.94. The highest BCUT2D eigenvalue weighted by Crippen LogP contribution is 2.36. The van der Waals surface area contributed by atoms with Crippen molar-refractivity contribution in [2.45, 2.75) is 58.5 Å². The van der Waals surface area contributed by atoms with Gasteiger partial charge in [-0.25, -0.2) is 0 Å². The second-order valence-electron chi connectivity index (χ2n) is 7.69. The van der Waals surface area contributed by atoms with E-state index in [0.717, 1.165) is 5.46 Å². The molecule has 2 heterocycles. The summed E-state index contributed by atoms with van der Waals surface area (Å²) in [5.41, 5.74) is 1.43. The quantitative estimate of drug-likeness (QED) is 0.757. The van der Waals surface area contributed by atoms with Crippen LogP contribution in [0.15, 0.2) is 42.7 Å². The summed E-state index contributed by atoms with van der Waals surface area (Å²) in [6, 6.07) is 10.3. The predicted molar refractivity (Wildman–Crippen MR) is 98.8 cm³/mol. The van der Waals surface area contributed by atoms with E-state index in [1.807, 2.05) is 35.3 Å². The minimum absolute atomic E-state index is 0.139. The number of aromatic nitrogens is 2. The van der Waals surface area contributed by atoms with Crippen molar-refractivity contribution >= 4 is 12.6 Å². The van der Waals surface area contributed by atoms with Gasteiger partial charge in [0.2, 0.25) is 0 Å². The summed E-state index contributed by atoms with van der Waals surface area (Å²) in [5.74, 6) is 0. The van der Waals surface area contributed by atoms with E-state index in [9.17, 15) is 0 Å². The number of hydrogen-bond acceptors (Lipinski definition) is 4. The fourth-order valence-electron chi connectivity index (χ4n) is 2.69. The first-order chi connectivity index (χ1) is 11.8. The van der Waals surface area contributed by atoms with Crippen LogP contribution < -0.4 is 5.46 Å². The highest BCUT2D eigenvalue weighted by atomic mass is 16.7. The van der Waals surface area contributed by atoms with Gasteiger partial charge >= 0.3 is 7.12 Å². The van der Waals surface area contributed by atoms with E-state index in [1.54, 1.807) is 0 Å². The Labute approximate surface area is 150 Å². The van der Waals surface area contributed by atoms with Gasteiger partial charge in [0.1, 0.15) is 0 Å². The van der Waals surface area contributed by atoms with Crippen LogP contribution in [0.2, 0.25) is 0 Å². The normalized spacial score (nSPS) is 20.0. The molecule has 0 unspecified atom stereocenters. The van der Waals surface area contributed by atoms with E-state index in [4.69, 9.17) is 14.0 Å². The lowest BCUT2D eigenvalue weighted by molar-refractivity contribution is 0.00578. The molecule has 1 saturated heterocycles. The van der Waals surface area contributed by atoms with Crippen LogP contribution in [-0.4, -0.2) is 34.7 Å². The van der Waals surface area contributed by atoms with Gasteiger partial charge in [0.15, 0.2) is 0 Å². The molecule has 1 atom stereocenters. The number of nitrogens with zero attached hydrogens (tertiary/aromatic N) is 2. The Kier molecular flexibility index (Phi) is 5.05. The zero-order chi connectivity index (χ0) is 18.1. The predicted octanol–water partition coefficient (Wildman–Crippen LogP) is 2.96. The van der Waals surface area contributed by atoms with Crippen molar-refractivity contribution < 1.29 is 14.0 Å². The highest BCUT2D eigenvalue weighted by Gasteiger charge is 2.52. The topological polar surface area (TPSA) is 45.5 Å². The molecule has 2 aromatic rings. The summed E-state index contributed by atoms with van der Waals surface area (Å²) < 4.78 is 19.9. The third-order valence-corrected chi connectivity index (χ3v) is 5.07. The van der Waals surface area contributed by atoms with Crippen LogP contribution >= 0.6 is 0 Å². The lowest BCUT2D eigenvalue weighted by atomic mass is 9.82. The van der Waals surface area contributed by atoms with Crippen LogP contribution in [0.5, 0.6) is 0 Å². The van der Waals surface area contributed by atoms with Crippen molar-refractivity contribution in [1.29, 1.82) is 0 Å². The van der Waals surface area contributed by atoms with Gasteiger partial charge in [-0.15, -0.1) is 0 Å². The van der Waals surface area contributed by atoms with Crippen LogP contribution in [0, 0.1) is 0 Å². The molecule has 0 saturated carbocycles. The maximum Gasteiger partial charge on any atom is 0.498 e. The van der Waals surface area contributed by atoms with Crippen molar-refractivity contribution in [1.82, 2.24) is 9.78 Å². The molecular formula is C19H27BN2O3. The maximum absolute atomic E-state index is 6.08. The van der Waals surface area contributed by atoms with Crippen LogP contribution in [-0.2, 0) is 20.7 Å². The number of rotatable bonds is 6. The van der Waals surface area contributed by atoms with Crippen LogP contribution in [0.25, 0.3) is 0 Å². The van der Waals surface area contributed by atoms with Gasteiger partial charge < -0.3 is 14.0 Å². The standard InChI is InChI=1S/C19H27BN2O3/c1-15(13-23-14-16-9-7-6-8-10-16)22-12-17(11-21-22)20-24-18(2,3)19(4,5)25-20/h6-12,15H,13-14H2,1-5H3/t15-/m1/s1. The second-order valence-corrected chi connectivity index (χ2v) is 7.69. The smallest absolute Gasteiger partial charge is 0.399 e. The van der Waals surface area contributed by atoms with Gasteiger partial charge in [0.25, 0.3) is 0 Å². The Hall–Kier alpha value is -1.63. The van der Waals surface area contributed by atoms with Crippen LogP contribution in [0.3, 0.4) is 0 Å². The molecule has 0 aliphatic carbocycles. The molecule has 0 amide bonds. The monoisotopic (exact) mass is 342 g/mol. The van der Waals surface area contributed by atoms with Gasteiger partial charge in [-0.05, 0) is 40.2 Å². The first kappa shape index (κ1) is 18.2. The summed E-state index contributed by atoms with van der Waals surface area (Å²) in [5, 5.41) is 4.46. The fourth-order valence-corrected chi connectivity index (χ4v) is 2.69. The number of hydrogen-bond donors (Lipinski definition) is 0. The molecule has 5 nitrogen and oxygen atoms in total. The maximum atomic E-state index is 6.08. The van der Waals surface area contributed by atoms with E-state index in [1.165, 1.54) is 5.56 Å². The van der Waals surface area contributed by atoms with E-state index < -0.39 is 0 Å². The average molecular weight is 342 g/mol. The summed E-state index contributed by atoms with van der Waals surface area (Å²) in [7, 11) is -0.379. The van der Waals surface area contributed by atoms with E-state index >= 15 is 0 Å². The first-order valence-electron chi connectivity index (χ1n) is 8.80. The molecule has 25 heavy (non-hydrogen) atoms. The van der Waals surface area contributed by atoms with E-state index in [-0.39, 0.29) is 24.4 Å². The minimum Gasteiger partial charge on any atom is -0.399 e. The van der Waals surface area contributed by atoms with E-state index in [0.29, 0.717) is 13.2 Å². The molecule has 6 heteroatoms. The van der Waals surface area contributed by atoms with E-state index in [2.05, 4.69) is 51.9 Å². The van der Waals surface area contributed by atoms with Gasteiger partial charge in [-0.1, -0.05) is 30.3 Å². The molecule has 134 valence electrons. The molecule has 1 fully saturated rings. The Morgan fingerprint density at radius 2 is 1.76 bits per heavy atom. The zero-order valence-electron chi connectivity index (χ0n) is 15.7. The largest absolute Gasteiger partial charge is 0.498 e. The molecular weight excluding hydrogens is 315 g/mol. The van der Waals surface area contributed by atoms with Crippen molar-refractivity contribution in [2.75, 3.05) is 6.61 Å². The minimum atomic E-state index is -0.379. The summed E-state index contributed by atoms with van der Waals surface area (Å²) in [4.78, 5) is 0. The fraction of sp³-hybridized carbons (Fsp3) is 0.526. The third kappa shape index (κ3) is 3.97. The molecule has 1 aliphatic heterocycles. The van der Waals surface area contributed by atoms with Gasteiger partial charge in [-0.3, -0.25) is 4.68 Å². The highest BCUT2D eigenvalue weighted by molar-refractivity contribution is 6.61.